The molecule has 3 N–H and O–H groups in total. The molecule has 1 saturated heterocycles. The summed E-state index contributed by atoms with van der Waals surface area (Å²) in [5, 5.41) is 13.5. The number of hydrogen-bond donors (Lipinski definition) is 3. The average Bonchev–Trinajstić information content (AvgIpc) is 3.50. The molecule has 0 bridgehead atoms. The van der Waals surface area contributed by atoms with Gasteiger partial charge in [0.1, 0.15) is 18.2 Å². The number of halogens is 3. The lowest BCUT2D eigenvalue weighted by Gasteiger charge is -2.20. The van der Waals surface area contributed by atoms with Gasteiger partial charge in [0.2, 0.25) is 0 Å². The summed E-state index contributed by atoms with van der Waals surface area (Å²) in [6.45, 7) is 1.19. The fraction of sp³-hybridized carbons (Fsp3) is 0.269. The molecule has 1 amide bonds. The first-order valence-electron chi connectivity index (χ1n) is 11.8. The minimum atomic E-state index is -4.60. The highest BCUT2D eigenvalue weighted by Crippen LogP contribution is 2.35. The summed E-state index contributed by atoms with van der Waals surface area (Å²) in [6.07, 6.45) is 0.548. The van der Waals surface area contributed by atoms with E-state index in [1.807, 2.05) is 25.2 Å². The summed E-state index contributed by atoms with van der Waals surface area (Å²) >= 11 is 0. The number of nitrogens with zero attached hydrogens (tertiary/aromatic N) is 3. The third-order valence-corrected chi connectivity index (χ3v) is 6.36. The van der Waals surface area contributed by atoms with Crippen LogP contribution >= 0.6 is 0 Å². The Kier molecular flexibility index (Phi) is 6.70. The number of amides is 1. The Bertz CT molecular complexity index is 1420. The largest absolute Gasteiger partial charge is 0.492 e. The molecule has 3 heterocycles. The van der Waals surface area contributed by atoms with Crippen molar-refractivity contribution in [2.45, 2.75) is 25.1 Å². The number of aromatic amines is 1. The van der Waals surface area contributed by atoms with Crippen molar-refractivity contribution in [1.82, 2.24) is 20.1 Å². The van der Waals surface area contributed by atoms with Gasteiger partial charge in [0.25, 0.3) is 5.91 Å². The molecule has 5 rings (SSSR count). The number of carbonyl (C=O) groups excluding carboxylic acids is 1. The summed E-state index contributed by atoms with van der Waals surface area (Å²) in [5.41, 5.74) is 0.698. The lowest BCUT2D eigenvalue weighted by atomic mass is 10.1. The molecule has 0 saturated carbocycles. The van der Waals surface area contributed by atoms with E-state index in [9.17, 15) is 18.0 Å². The number of aromatic nitrogens is 3. The number of benzene rings is 2. The van der Waals surface area contributed by atoms with Gasteiger partial charge in [-0.2, -0.15) is 18.3 Å². The second-order valence-corrected chi connectivity index (χ2v) is 8.98. The van der Waals surface area contributed by atoms with E-state index >= 15 is 0 Å². The Hall–Kier alpha value is -4.12. The molecular weight excluding hydrogens is 485 g/mol. The summed E-state index contributed by atoms with van der Waals surface area (Å²) in [6, 6.07) is 12.0. The Labute approximate surface area is 210 Å². The predicted molar refractivity (Wildman–Crippen MR) is 134 cm³/mol. The van der Waals surface area contributed by atoms with E-state index in [0.29, 0.717) is 5.69 Å². The number of pyridine rings is 1. The van der Waals surface area contributed by atoms with Gasteiger partial charge in [-0.1, -0.05) is 0 Å². The number of likely N-dealkylation sites (N-methyl/N-ethyl adjacent to an activating group) is 1. The van der Waals surface area contributed by atoms with Crippen LogP contribution in [0.25, 0.3) is 10.9 Å². The van der Waals surface area contributed by atoms with Crippen molar-refractivity contribution >= 4 is 34.0 Å². The normalized spacial score (nSPS) is 16.2. The van der Waals surface area contributed by atoms with E-state index in [4.69, 9.17) is 4.74 Å². The van der Waals surface area contributed by atoms with Crippen molar-refractivity contribution < 1.29 is 22.7 Å². The first-order chi connectivity index (χ1) is 17.8. The monoisotopic (exact) mass is 510 g/mol. The fourth-order valence-electron chi connectivity index (χ4n) is 4.34. The van der Waals surface area contributed by atoms with Gasteiger partial charge in [0.05, 0.1) is 22.8 Å². The minimum absolute atomic E-state index is 0.0247. The van der Waals surface area contributed by atoms with Crippen LogP contribution in [0.1, 0.15) is 28.8 Å². The van der Waals surface area contributed by atoms with Crippen LogP contribution in [0.3, 0.4) is 0 Å². The Balaban J connectivity index is 1.37. The van der Waals surface area contributed by atoms with Crippen LogP contribution < -0.4 is 15.4 Å². The van der Waals surface area contributed by atoms with Crippen LogP contribution in [0.15, 0.2) is 60.9 Å². The lowest BCUT2D eigenvalue weighted by Crippen LogP contribution is -2.30. The number of carbonyl (C=O) groups is 1. The number of alkyl halides is 3. The molecule has 2 aromatic carbocycles. The van der Waals surface area contributed by atoms with Gasteiger partial charge < -0.3 is 20.3 Å². The first-order valence-corrected chi connectivity index (χ1v) is 11.8. The SMILES string of the molecule is CN1CCCC1COc1cc(NC(=O)c2cccnc2Nc2ccc3cn[nH]c3c2)cc(C(F)(F)F)c1. The first kappa shape index (κ1) is 24.6. The topological polar surface area (TPSA) is 95.2 Å². The molecule has 1 fully saturated rings. The standard InChI is InChI=1S/C26H25F3N6O2/c1-35-9-3-4-20(35)15-37-21-11-17(26(27,28)29)10-19(12-21)33-25(36)22-5-2-8-30-24(22)32-18-7-6-16-14-31-34-23(16)13-18/h2,5-8,10-14,20H,3-4,9,15H2,1H3,(H,30,32)(H,31,34)(H,33,36). The second-order valence-electron chi connectivity index (χ2n) is 8.98. The molecule has 0 radical (unpaired) electrons. The summed E-state index contributed by atoms with van der Waals surface area (Å²) < 4.78 is 46.5. The highest BCUT2D eigenvalue weighted by molar-refractivity contribution is 6.08. The molecule has 11 heteroatoms. The van der Waals surface area contributed by atoms with E-state index in [1.54, 1.807) is 18.3 Å². The van der Waals surface area contributed by atoms with E-state index in [1.165, 1.54) is 12.3 Å². The Morgan fingerprint density at radius 1 is 1.19 bits per heavy atom. The van der Waals surface area contributed by atoms with Crippen LogP contribution in [0.2, 0.25) is 0 Å². The summed E-state index contributed by atoms with van der Waals surface area (Å²) in [7, 11) is 1.96. The number of ether oxygens (including phenoxy) is 1. The zero-order chi connectivity index (χ0) is 26.0. The number of nitrogens with one attached hydrogen (secondary N) is 3. The van der Waals surface area contributed by atoms with Crippen molar-refractivity contribution in [1.29, 1.82) is 0 Å². The highest BCUT2D eigenvalue weighted by Gasteiger charge is 2.32. The van der Waals surface area contributed by atoms with Gasteiger partial charge in [0.15, 0.2) is 0 Å². The maximum Gasteiger partial charge on any atom is 0.416 e. The van der Waals surface area contributed by atoms with Gasteiger partial charge >= 0.3 is 6.18 Å². The van der Waals surface area contributed by atoms with Crippen molar-refractivity contribution in [3.63, 3.8) is 0 Å². The highest BCUT2D eigenvalue weighted by atomic mass is 19.4. The quantitative estimate of drug-likeness (QED) is 0.306. The third kappa shape index (κ3) is 5.67. The Morgan fingerprint density at radius 2 is 2.05 bits per heavy atom. The maximum atomic E-state index is 13.6. The smallest absolute Gasteiger partial charge is 0.416 e. The molecule has 37 heavy (non-hydrogen) atoms. The zero-order valence-corrected chi connectivity index (χ0v) is 20.0. The molecule has 192 valence electrons. The fourth-order valence-corrected chi connectivity index (χ4v) is 4.34. The second kappa shape index (κ2) is 10.1. The molecule has 0 spiro atoms. The zero-order valence-electron chi connectivity index (χ0n) is 20.0. The van der Waals surface area contributed by atoms with E-state index < -0.39 is 17.6 Å². The van der Waals surface area contributed by atoms with Crippen molar-refractivity contribution in [3.05, 3.63) is 72.1 Å². The number of likely N-dealkylation sites (tertiary alicyclic amines) is 1. The van der Waals surface area contributed by atoms with Crippen LogP contribution in [-0.4, -0.2) is 52.2 Å². The average molecular weight is 511 g/mol. The minimum Gasteiger partial charge on any atom is -0.492 e. The predicted octanol–water partition coefficient (Wildman–Crippen LogP) is 5.45. The van der Waals surface area contributed by atoms with Crippen molar-refractivity contribution in [3.8, 4) is 5.75 Å². The molecule has 2 aromatic heterocycles. The van der Waals surface area contributed by atoms with Gasteiger partial charge in [-0.15, -0.1) is 0 Å². The Morgan fingerprint density at radius 3 is 2.84 bits per heavy atom. The molecule has 1 unspecified atom stereocenters. The van der Waals surface area contributed by atoms with E-state index in [-0.39, 0.29) is 35.5 Å². The molecular formula is C26H25F3N6O2. The number of fused-ring (bicyclic) bond motifs is 1. The third-order valence-electron chi connectivity index (χ3n) is 6.36. The molecule has 8 nitrogen and oxygen atoms in total. The van der Waals surface area contributed by atoms with Gasteiger partial charge in [-0.25, -0.2) is 4.98 Å². The lowest BCUT2D eigenvalue weighted by molar-refractivity contribution is -0.137. The summed E-state index contributed by atoms with van der Waals surface area (Å²) in [4.78, 5) is 19.5. The molecule has 1 atom stereocenters. The van der Waals surface area contributed by atoms with Crippen molar-refractivity contribution in [2.75, 3.05) is 30.8 Å². The molecule has 1 aliphatic heterocycles. The number of rotatable bonds is 7. The number of hydrogen-bond acceptors (Lipinski definition) is 6. The number of anilines is 3. The van der Waals surface area contributed by atoms with Crippen molar-refractivity contribution in [2.24, 2.45) is 0 Å². The molecule has 4 aromatic rings. The van der Waals surface area contributed by atoms with Crippen LogP contribution in [0.5, 0.6) is 5.75 Å². The van der Waals surface area contributed by atoms with Crippen LogP contribution in [0, 0.1) is 0 Å². The van der Waals surface area contributed by atoms with Gasteiger partial charge in [-0.05, 0) is 68.9 Å². The van der Waals surface area contributed by atoms with Gasteiger partial charge in [0, 0.05) is 35.1 Å². The van der Waals surface area contributed by atoms with Crippen LogP contribution in [-0.2, 0) is 6.18 Å². The molecule has 0 aliphatic carbocycles. The summed E-state index contributed by atoms with van der Waals surface area (Å²) in [5.74, 6) is -0.312. The van der Waals surface area contributed by atoms with Crippen LogP contribution in [0.4, 0.5) is 30.4 Å². The van der Waals surface area contributed by atoms with Gasteiger partial charge in [-0.3, -0.25) is 9.89 Å². The molecule has 1 aliphatic rings. The number of H-pyrrole nitrogens is 1. The van der Waals surface area contributed by atoms with E-state index in [2.05, 4.69) is 30.7 Å². The maximum absolute atomic E-state index is 13.6. The van der Waals surface area contributed by atoms with E-state index in [0.717, 1.165) is 42.4 Å².